The molecular formula is C11H24N4O2. The van der Waals surface area contributed by atoms with Crippen molar-refractivity contribution >= 4 is 11.9 Å². The maximum absolute atomic E-state index is 11.5. The molecule has 6 heteroatoms. The zero-order valence-corrected chi connectivity index (χ0v) is 10.7. The van der Waals surface area contributed by atoms with E-state index in [-0.39, 0.29) is 11.3 Å². The van der Waals surface area contributed by atoms with Crippen LogP contribution in [-0.2, 0) is 4.79 Å². The van der Waals surface area contributed by atoms with Gasteiger partial charge in [0.2, 0.25) is 5.91 Å². The molecule has 3 amide bonds. The molecule has 0 spiro atoms. The monoisotopic (exact) mass is 244 g/mol. The summed E-state index contributed by atoms with van der Waals surface area (Å²) in [5.41, 5.74) is 10.5. The van der Waals surface area contributed by atoms with E-state index < -0.39 is 6.03 Å². The Labute approximate surface area is 102 Å². The molecule has 0 radical (unpaired) electrons. The number of hydrogen-bond donors (Lipinski definition) is 4. The van der Waals surface area contributed by atoms with Crippen LogP contribution >= 0.6 is 0 Å². The fourth-order valence-electron chi connectivity index (χ4n) is 1.44. The van der Waals surface area contributed by atoms with E-state index in [9.17, 15) is 9.59 Å². The second kappa shape index (κ2) is 7.89. The molecule has 6 nitrogen and oxygen atoms in total. The summed E-state index contributed by atoms with van der Waals surface area (Å²) in [6, 6.07) is -0.580. The van der Waals surface area contributed by atoms with Crippen LogP contribution in [0.4, 0.5) is 4.79 Å². The Morgan fingerprint density at radius 2 is 1.71 bits per heavy atom. The third-order valence-corrected chi connectivity index (χ3v) is 2.60. The Kier molecular flexibility index (Phi) is 7.29. The van der Waals surface area contributed by atoms with Gasteiger partial charge in [-0.25, -0.2) is 4.79 Å². The second-order valence-electron chi connectivity index (χ2n) is 4.84. The van der Waals surface area contributed by atoms with Gasteiger partial charge in [-0.1, -0.05) is 13.8 Å². The molecule has 0 aliphatic carbocycles. The van der Waals surface area contributed by atoms with E-state index in [2.05, 4.69) is 24.5 Å². The zero-order chi connectivity index (χ0) is 13.3. The molecule has 0 saturated heterocycles. The molecule has 100 valence electrons. The molecule has 0 unspecified atom stereocenters. The molecule has 0 aromatic heterocycles. The van der Waals surface area contributed by atoms with Crippen LogP contribution in [-0.4, -0.2) is 31.6 Å². The largest absolute Gasteiger partial charge is 0.354 e. The van der Waals surface area contributed by atoms with Gasteiger partial charge in [-0.15, -0.1) is 0 Å². The summed E-state index contributed by atoms with van der Waals surface area (Å²) >= 11 is 0. The number of urea groups is 1. The van der Waals surface area contributed by atoms with Crippen molar-refractivity contribution in [3.8, 4) is 0 Å². The summed E-state index contributed by atoms with van der Waals surface area (Å²) in [6.45, 7) is 5.59. The number of carbonyl (C=O) groups is 2. The van der Waals surface area contributed by atoms with Gasteiger partial charge in [-0.3, -0.25) is 4.79 Å². The lowest BCUT2D eigenvalue weighted by molar-refractivity contribution is -0.121. The molecule has 0 heterocycles. The minimum atomic E-state index is -0.580. The summed E-state index contributed by atoms with van der Waals surface area (Å²) in [5.74, 6) is -0.0126. The third kappa shape index (κ3) is 9.62. The van der Waals surface area contributed by atoms with Gasteiger partial charge in [0.15, 0.2) is 0 Å². The van der Waals surface area contributed by atoms with Crippen LogP contribution in [0.5, 0.6) is 0 Å². The van der Waals surface area contributed by atoms with Gasteiger partial charge < -0.3 is 22.1 Å². The lowest BCUT2D eigenvalue weighted by Crippen LogP contribution is -2.37. The summed E-state index contributed by atoms with van der Waals surface area (Å²) in [5, 5.41) is 5.11. The number of hydrogen-bond acceptors (Lipinski definition) is 3. The van der Waals surface area contributed by atoms with Gasteiger partial charge in [0.25, 0.3) is 0 Å². The Hall–Kier alpha value is -1.30. The van der Waals surface area contributed by atoms with E-state index >= 15 is 0 Å². The minimum absolute atomic E-state index is 0.0126. The van der Waals surface area contributed by atoms with Gasteiger partial charge in [0.05, 0.1) is 0 Å². The standard InChI is InChI=1S/C11H24N4O2/c1-11(2,5-6-12)4-3-9(16)14-7-8-15-10(13)17/h3-8,12H2,1-2H3,(H,14,16)(H3,13,15,17). The second-order valence-corrected chi connectivity index (χ2v) is 4.84. The maximum atomic E-state index is 11.5. The molecule has 17 heavy (non-hydrogen) atoms. The molecule has 0 aromatic carbocycles. The predicted molar refractivity (Wildman–Crippen MR) is 67.3 cm³/mol. The Morgan fingerprint density at radius 3 is 2.24 bits per heavy atom. The Bertz CT molecular complexity index is 254. The number of amides is 3. The van der Waals surface area contributed by atoms with Crippen LogP contribution in [0.2, 0.25) is 0 Å². The van der Waals surface area contributed by atoms with Crippen molar-refractivity contribution in [2.45, 2.75) is 33.1 Å². The Balaban J connectivity index is 3.62. The van der Waals surface area contributed by atoms with E-state index in [0.29, 0.717) is 26.1 Å². The fourth-order valence-corrected chi connectivity index (χ4v) is 1.44. The molecule has 6 N–H and O–H groups in total. The first-order valence-corrected chi connectivity index (χ1v) is 5.87. The normalized spacial score (nSPS) is 11.0. The van der Waals surface area contributed by atoms with Gasteiger partial charge in [0.1, 0.15) is 0 Å². The summed E-state index contributed by atoms with van der Waals surface area (Å²) in [4.78, 5) is 21.8. The highest BCUT2D eigenvalue weighted by Crippen LogP contribution is 2.25. The lowest BCUT2D eigenvalue weighted by Gasteiger charge is -2.23. The van der Waals surface area contributed by atoms with Crippen molar-refractivity contribution in [2.75, 3.05) is 19.6 Å². The lowest BCUT2D eigenvalue weighted by atomic mass is 9.84. The average molecular weight is 244 g/mol. The van der Waals surface area contributed by atoms with Gasteiger partial charge >= 0.3 is 6.03 Å². The first-order chi connectivity index (χ1) is 7.87. The predicted octanol–water partition coefficient (Wildman–Crippen LogP) is -0.0739. The maximum Gasteiger partial charge on any atom is 0.312 e. The van der Waals surface area contributed by atoms with Crippen LogP contribution in [0.1, 0.15) is 33.1 Å². The van der Waals surface area contributed by atoms with Crippen molar-refractivity contribution in [1.82, 2.24) is 10.6 Å². The topological polar surface area (TPSA) is 110 Å². The first-order valence-electron chi connectivity index (χ1n) is 5.87. The number of carbonyl (C=O) groups excluding carboxylic acids is 2. The van der Waals surface area contributed by atoms with E-state index in [1.165, 1.54) is 0 Å². The smallest absolute Gasteiger partial charge is 0.312 e. The molecule has 0 atom stereocenters. The van der Waals surface area contributed by atoms with Crippen molar-refractivity contribution in [3.05, 3.63) is 0 Å². The average Bonchev–Trinajstić information content (AvgIpc) is 2.21. The Morgan fingerprint density at radius 1 is 1.12 bits per heavy atom. The minimum Gasteiger partial charge on any atom is -0.354 e. The van der Waals surface area contributed by atoms with Crippen LogP contribution in [0.15, 0.2) is 0 Å². The quantitative estimate of drug-likeness (QED) is 0.448. The molecule has 0 fully saturated rings. The van der Waals surface area contributed by atoms with E-state index in [0.717, 1.165) is 12.8 Å². The molecule has 0 saturated carbocycles. The van der Waals surface area contributed by atoms with Crippen molar-refractivity contribution < 1.29 is 9.59 Å². The number of nitrogens with one attached hydrogen (secondary N) is 2. The summed E-state index contributed by atoms with van der Waals surface area (Å²) in [6.07, 6.45) is 2.19. The highest BCUT2D eigenvalue weighted by atomic mass is 16.2. The zero-order valence-electron chi connectivity index (χ0n) is 10.7. The van der Waals surface area contributed by atoms with Crippen LogP contribution in [0.3, 0.4) is 0 Å². The van der Waals surface area contributed by atoms with Gasteiger partial charge in [0, 0.05) is 19.5 Å². The SMILES string of the molecule is CC(C)(CCN)CCC(=O)NCCNC(N)=O. The summed E-state index contributed by atoms with van der Waals surface area (Å²) in [7, 11) is 0. The molecule has 0 rings (SSSR count). The molecule has 0 aliphatic heterocycles. The number of rotatable bonds is 8. The molecule has 0 aliphatic rings. The van der Waals surface area contributed by atoms with E-state index in [4.69, 9.17) is 11.5 Å². The fraction of sp³-hybridized carbons (Fsp3) is 0.818. The first kappa shape index (κ1) is 15.7. The van der Waals surface area contributed by atoms with Crippen LogP contribution in [0, 0.1) is 5.41 Å². The highest BCUT2D eigenvalue weighted by molar-refractivity contribution is 5.76. The van der Waals surface area contributed by atoms with Crippen molar-refractivity contribution in [1.29, 1.82) is 0 Å². The van der Waals surface area contributed by atoms with E-state index in [1.807, 2.05) is 0 Å². The van der Waals surface area contributed by atoms with Crippen LogP contribution < -0.4 is 22.1 Å². The third-order valence-electron chi connectivity index (χ3n) is 2.60. The number of nitrogens with two attached hydrogens (primary N) is 2. The summed E-state index contributed by atoms with van der Waals surface area (Å²) < 4.78 is 0. The molecule has 0 aromatic rings. The van der Waals surface area contributed by atoms with Crippen LogP contribution in [0.25, 0.3) is 0 Å². The molecule has 0 bridgehead atoms. The highest BCUT2D eigenvalue weighted by Gasteiger charge is 2.17. The van der Waals surface area contributed by atoms with Gasteiger partial charge in [-0.2, -0.15) is 0 Å². The molecular weight excluding hydrogens is 220 g/mol. The number of primary amides is 1. The van der Waals surface area contributed by atoms with E-state index in [1.54, 1.807) is 0 Å². The van der Waals surface area contributed by atoms with Crippen molar-refractivity contribution in [3.63, 3.8) is 0 Å². The van der Waals surface area contributed by atoms with Crippen molar-refractivity contribution in [2.24, 2.45) is 16.9 Å². The van der Waals surface area contributed by atoms with Gasteiger partial charge in [-0.05, 0) is 24.8 Å².